The van der Waals surface area contributed by atoms with Crippen LogP contribution in [0.5, 0.6) is 0 Å². The van der Waals surface area contributed by atoms with Crippen LogP contribution in [-0.4, -0.2) is 32.9 Å². The van der Waals surface area contributed by atoms with Gasteiger partial charge in [-0.2, -0.15) is 0 Å². The molecule has 4 rings (SSSR count). The average molecular weight is 374 g/mol. The molecule has 5 heteroatoms. The van der Waals surface area contributed by atoms with Crippen LogP contribution >= 0.6 is 0 Å². The molecular formula is C23H27N5. The number of benzene rings is 1. The highest BCUT2D eigenvalue weighted by atomic mass is 15.1. The molecule has 3 heterocycles. The molecule has 0 spiro atoms. The molecule has 0 unspecified atom stereocenters. The molecule has 1 aliphatic rings. The summed E-state index contributed by atoms with van der Waals surface area (Å²) in [7, 11) is 0. The highest BCUT2D eigenvalue weighted by Crippen LogP contribution is 2.28. The van der Waals surface area contributed by atoms with Crippen LogP contribution in [0.3, 0.4) is 0 Å². The molecule has 28 heavy (non-hydrogen) atoms. The third kappa shape index (κ3) is 4.37. The molecule has 5 nitrogen and oxygen atoms in total. The van der Waals surface area contributed by atoms with E-state index in [9.17, 15) is 0 Å². The Kier molecular flexibility index (Phi) is 5.63. The van der Waals surface area contributed by atoms with Gasteiger partial charge in [0.25, 0.3) is 0 Å². The van der Waals surface area contributed by atoms with Crippen LogP contribution in [0, 0.1) is 13.8 Å². The van der Waals surface area contributed by atoms with Gasteiger partial charge in [0.2, 0.25) is 0 Å². The largest absolute Gasteiger partial charge is 0.323 e. The molecule has 0 aliphatic carbocycles. The van der Waals surface area contributed by atoms with E-state index in [4.69, 9.17) is 4.98 Å². The van der Waals surface area contributed by atoms with E-state index in [1.165, 1.54) is 11.1 Å². The normalized spacial score (nSPS) is 15.5. The molecule has 0 radical (unpaired) electrons. The fourth-order valence-corrected chi connectivity index (χ4v) is 3.79. The van der Waals surface area contributed by atoms with Crippen molar-refractivity contribution in [3.8, 4) is 0 Å². The van der Waals surface area contributed by atoms with Crippen molar-refractivity contribution in [2.75, 3.05) is 18.4 Å². The maximum Gasteiger partial charge on any atom is 0.150 e. The van der Waals surface area contributed by atoms with Crippen molar-refractivity contribution in [3.63, 3.8) is 0 Å². The molecule has 1 N–H and O–H groups in total. The fraction of sp³-hybridized carbons (Fsp3) is 0.348. The number of nitrogens with one attached hydrogen (secondary N) is 1. The van der Waals surface area contributed by atoms with Gasteiger partial charge in [-0.15, -0.1) is 0 Å². The lowest BCUT2D eigenvalue weighted by molar-refractivity contribution is 0.203. The highest BCUT2D eigenvalue weighted by Gasteiger charge is 2.22. The SMILES string of the molecule is Cc1ccccc1CN1CCC(c2cncc(Nc3ncccc3C)n2)CC1. The lowest BCUT2D eigenvalue weighted by Gasteiger charge is -2.32. The minimum atomic E-state index is 0.465. The Bertz CT molecular complexity index is 932. The summed E-state index contributed by atoms with van der Waals surface area (Å²) < 4.78 is 0. The van der Waals surface area contributed by atoms with Crippen molar-refractivity contribution >= 4 is 11.6 Å². The Morgan fingerprint density at radius 3 is 2.57 bits per heavy atom. The first-order valence-corrected chi connectivity index (χ1v) is 9.96. The van der Waals surface area contributed by atoms with Crippen molar-refractivity contribution in [1.82, 2.24) is 19.9 Å². The molecule has 144 valence electrons. The van der Waals surface area contributed by atoms with Crippen molar-refractivity contribution in [2.45, 2.75) is 39.2 Å². The van der Waals surface area contributed by atoms with Crippen LogP contribution in [0.2, 0.25) is 0 Å². The number of anilines is 2. The molecule has 0 bridgehead atoms. The van der Waals surface area contributed by atoms with Crippen molar-refractivity contribution in [1.29, 1.82) is 0 Å². The van der Waals surface area contributed by atoms with Crippen LogP contribution < -0.4 is 5.32 Å². The van der Waals surface area contributed by atoms with Gasteiger partial charge in [0.05, 0.1) is 11.9 Å². The molecule has 1 fully saturated rings. The summed E-state index contributed by atoms with van der Waals surface area (Å²) >= 11 is 0. The van der Waals surface area contributed by atoms with E-state index in [-0.39, 0.29) is 0 Å². The summed E-state index contributed by atoms with van der Waals surface area (Å²) in [6.45, 7) is 7.46. The number of hydrogen-bond acceptors (Lipinski definition) is 5. The zero-order valence-corrected chi connectivity index (χ0v) is 16.6. The maximum atomic E-state index is 4.82. The Morgan fingerprint density at radius 1 is 1.00 bits per heavy atom. The monoisotopic (exact) mass is 373 g/mol. The van der Waals surface area contributed by atoms with Gasteiger partial charge in [0.1, 0.15) is 11.6 Å². The maximum absolute atomic E-state index is 4.82. The van der Waals surface area contributed by atoms with Crippen molar-refractivity contribution < 1.29 is 0 Å². The molecule has 3 aromatic rings. The van der Waals surface area contributed by atoms with E-state index in [1.807, 2.05) is 25.3 Å². The Morgan fingerprint density at radius 2 is 1.79 bits per heavy atom. The van der Waals surface area contributed by atoms with Gasteiger partial charge in [-0.1, -0.05) is 30.3 Å². The smallest absolute Gasteiger partial charge is 0.150 e. The number of aryl methyl sites for hydroxylation is 2. The van der Waals surface area contributed by atoms with Gasteiger partial charge >= 0.3 is 0 Å². The summed E-state index contributed by atoms with van der Waals surface area (Å²) in [5.41, 5.74) is 4.98. The Hall–Kier alpha value is -2.79. The van der Waals surface area contributed by atoms with E-state index >= 15 is 0 Å². The standard InChI is InChI=1S/C23H27N5/c1-17-6-3-4-8-20(17)16-28-12-9-19(10-13-28)21-14-24-15-22(26-21)27-23-18(2)7-5-11-25-23/h3-8,11,14-15,19H,9-10,12-13,16H2,1-2H3,(H,25,26,27). The van der Waals surface area contributed by atoms with E-state index in [1.54, 1.807) is 12.4 Å². The first kappa shape index (κ1) is 18.6. The number of hydrogen-bond donors (Lipinski definition) is 1. The molecule has 0 saturated carbocycles. The summed E-state index contributed by atoms with van der Waals surface area (Å²) in [6.07, 6.45) is 7.71. The molecule has 1 saturated heterocycles. The highest BCUT2D eigenvalue weighted by molar-refractivity contribution is 5.54. The molecular weight excluding hydrogens is 346 g/mol. The number of piperidine rings is 1. The quantitative estimate of drug-likeness (QED) is 0.708. The van der Waals surface area contributed by atoms with E-state index in [2.05, 4.69) is 51.4 Å². The van der Waals surface area contributed by atoms with Gasteiger partial charge in [0.15, 0.2) is 0 Å². The second-order valence-electron chi connectivity index (χ2n) is 7.60. The van der Waals surface area contributed by atoms with Gasteiger partial charge in [0, 0.05) is 24.9 Å². The zero-order valence-electron chi connectivity index (χ0n) is 16.6. The third-order valence-electron chi connectivity index (χ3n) is 5.57. The van der Waals surface area contributed by atoms with Crippen LogP contribution in [0.4, 0.5) is 11.6 Å². The predicted octanol–water partition coefficient (Wildman–Crippen LogP) is 4.61. The molecule has 1 aliphatic heterocycles. The fourth-order valence-electron chi connectivity index (χ4n) is 3.79. The van der Waals surface area contributed by atoms with Crippen molar-refractivity contribution in [2.24, 2.45) is 0 Å². The summed E-state index contributed by atoms with van der Waals surface area (Å²) in [4.78, 5) is 16.2. The number of nitrogens with zero attached hydrogens (tertiary/aromatic N) is 4. The molecule has 1 aromatic carbocycles. The third-order valence-corrected chi connectivity index (χ3v) is 5.57. The summed E-state index contributed by atoms with van der Waals surface area (Å²) in [5.74, 6) is 2.07. The first-order valence-electron chi connectivity index (χ1n) is 9.96. The van der Waals surface area contributed by atoms with Gasteiger partial charge in [-0.3, -0.25) is 9.88 Å². The summed E-state index contributed by atoms with van der Waals surface area (Å²) in [6, 6.07) is 12.6. The van der Waals surface area contributed by atoms with Crippen LogP contribution in [0.25, 0.3) is 0 Å². The van der Waals surface area contributed by atoms with E-state index in [0.29, 0.717) is 5.92 Å². The second-order valence-corrected chi connectivity index (χ2v) is 7.60. The lowest BCUT2D eigenvalue weighted by atomic mass is 9.93. The Labute approximate surface area is 166 Å². The van der Waals surface area contributed by atoms with Crippen LogP contribution in [-0.2, 0) is 6.54 Å². The van der Waals surface area contributed by atoms with Gasteiger partial charge < -0.3 is 5.32 Å². The molecule has 0 amide bonds. The minimum absolute atomic E-state index is 0.465. The van der Waals surface area contributed by atoms with Crippen LogP contribution in [0.1, 0.15) is 41.1 Å². The van der Waals surface area contributed by atoms with Crippen LogP contribution in [0.15, 0.2) is 55.0 Å². The van der Waals surface area contributed by atoms with Gasteiger partial charge in [-0.05, 0) is 62.5 Å². The number of rotatable bonds is 5. The first-order chi connectivity index (χ1) is 13.7. The number of pyridine rings is 1. The minimum Gasteiger partial charge on any atom is -0.323 e. The molecule has 2 aromatic heterocycles. The number of likely N-dealkylation sites (tertiary alicyclic amines) is 1. The zero-order chi connectivity index (χ0) is 19.3. The Balaban J connectivity index is 1.38. The predicted molar refractivity (Wildman–Crippen MR) is 113 cm³/mol. The lowest BCUT2D eigenvalue weighted by Crippen LogP contribution is -2.33. The average Bonchev–Trinajstić information content (AvgIpc) is 2.72. The van der Waals surface area contributed by atoms with Gasteiger partial charge in [-0.25, -0.2) is 9.97 Å². The molecule has 0 atom stereocenters. The second kappa shape index (κ2) is 8.48. The van der Waals surface area contributed by atoms with Crippen molar-refractivity contribution in [3.05, 3.63) is 77.4 Å². The van der Waals surface area contributed by atoms with E-state index in [0.717, 1.165) is 55.4 Å². The topological polar surface area (TPSA) is 53.9 Å². The number of aromatic nitrogens is 3. The van der Waals surface area contributed by atoms with E-state index < -0.39 is 0 Å². The summed E-state index contributed by atoms with van der Waals surface area (Å²) in [5, 5.41) is 3.30.